The lowest BCUT2D eigenvalue weighted by atomic mass is 9.65. The van der Waals surface area contributed by atoms with Crippen LogP contribution in [0.25, 0.3) is 33.4 Å². The van der Waals surface area contributed by atoms with Crippen molar-refractivity contribution < 1.29 is 0 Å². The van der Waals surface area contributed by atoms with Crippen molar-refractivity contribution in [2.75, 3.05) is 0 Å². The SMILES string of the molecule is C=CCCCC1(CCCC=C)c2cc(C)ccc2-c2ccc(-c3ccc4c(c3)C(c3ccc5c(c3)CC5)(c3ccc5c(c3)CC5)c3cc(C)ccc3-4)cc21. The minimum absolute atomic E-state index is 0.0230. The van der Waals surface area contributed by atoms with Gasteiger partial charge in [0.2, 0.25) is 0 Å². The first-order chi connectivity index (χ1) is 26.4. The van der Waals surface area contributed by atoms with Crippen molar-refractivity contribution in [3.63, 3.8) is 0 Å². The lowest BCUT2D eigenvalue weighted by molar-refractivity contribution is 0.422. The van der Waals surface area contributed by atoms with E-state index < -0.39 is 0 Å². The fraction of sp³-hybridized carbons (Fsp3) is 0.259. The molecular weight excluding hydrogens is 649 g/mol. The van der Waals surface area contributed by atoms with Gasteiger partial charge in [-0.05, 0) is 179 Å². The average Bonchev–Trinajstić information content (AvgIpc) is 3.59. The van der Waals surface area contributed by atoms with E-state index in [0.717, 1.165) is 38.5 Å². The highest BCUT2D eigenvalue weighted by Gasteiger charge is 2.48. The van der Waals surface area contributed by atoms with Crippen molar-refractivity contribution in [2.24, 2.45) is 0 Å². The van der Waals surface area contributed by atoms with Crippen LogP contribution in [0, 0.1) is 13.8 Å². The van der Waals surface area contributed by atoms with Crippen molar-refractivity contribution in [1.82, 2.24) is 0 Å². The molecule has 0 bridgehead atoms. The molecule has 266 valence electrons. The van der Waals surface area contributed by atoms with Gasteiger partial charge in [-0.15, -0.1) is 13.2 Å². The van der Waals surface area contributed by atoms with Crippen molar-refractivity contribution in [3.8, 4) is 33.4 Å². The fourth-order valence-corrected chi connectivity index (χ4v) is 10.8. The van der Waals surface area contributed by atoms with E-state index in [1.807, 2.05) is 0 Å². The van der Waals surface area contributed by atoms with Gasteiger partial charge in [0.05, 0.1) is 5.41 Å². The molecular formula is C54H50. The summed E-state index contributed by atoms with van der Waals surface area (Å²) >= 11 is 0. The van der Waals surface area contributed by atoms with Crippen LogP contribution in [0.2, 0.25) is 0 Å². The predicted octanol–water partition coefficient (Wildman–Crippen LogP) is 13.5. The van der Waals surface area contributed by atoms with Gasteiger partial charge in [-0.3, -0.25) is 0 Å². The Balaban J connectivity index is 1.19. The molecule has 0 heteroatoms. The largest absolute Gasteiger partial charge is 0.103 e. The van der Waals surface area contributed by atoms with E-state index >= 15 is 0 Å². The molecule has 0 heterocycles. The van der Waals surface area contributed by atoms with Crippen molar-refractivity contribution in [1.29, 1.82) is 0 Å². The van der Waals surface area contributed by atoms with Crippen LogP contribution in [-0.4, -0.2) is 0 Å². The van der Waals surface area contributed by atoms with Gasteiger partial charge in [-0.25, -0.2) is 0 Å². The second kappa shape index (κ2) is 12.7. The predicted molar refractivity (Wildman–Crippen MR) is 228 cm³/mol. The molecule has 0 amide bonds. The van der Waals surface area contributed by atoms with Crippen LogP contribution < -0.4 is 0 Å². The fourth-order valence-electron chi connectivity index (χ4n) is 10.8. The second-order valence-corrected chi connectivity index (χ2v) is 16.8. The Morgan fingerprint density at radius 2 is 0.889 bits per heavy atom. The molecule has 6 aromatic carbocycles. The van der Waals surface area contributed by atoms with Crippen LogP contribution in [0.1, 0.15) is 105 Å². The van der Waals surface area contributed by atoms with Crippen LogP contribution in [0.4, 0.5) is 0 Å². The first-order valence-electron chi connectivity index (χ1n) is 20.4. The number of allylic oxidation sites excluding steroid dienone is 2. The van der Waals surface area contributed by atoms with Gasteiger partial charge in [0.15, 0.2) is 0 Å². The first-order valence-corrected chi connectivity index (χ1v) is 20.4. The van der Waals surface area contributed by atoms with E-state index in [-0.39, 0.29) is 10.8 Å². The Labute approximate surface area is 322 Å². The first kappa shape index (κ1) is 33.4. The lowest BCUT2D eigenvalue weighted by Crippen LogP contribution is -2.30. The maximum Gasteiger partial charge on any atom is 0.0714 e. The molecule has 54 heavy (non-hydrogen) atoms. The quantitative estimate of drug-likeness (QED) is 0.0932. The summed E-state index contributed by atoms with van der Waals surface area (Å²) < 4.78 is 0. The summed E-state index contributed by atoms with van der Waals surface area (Å²) in [5.74, 6) is 0. The van der Waals surface area contributed by atoms with Gasteiger partial charge >= 0.3 is 0 Å². The van der Waals surface area contributed by atoms with Gasteiger partial charge < -0.3 is 0 Å². The van der Waals surface area contributed by atoms with E-state index in [9.17, 15) is 0 Å². The highest BCUT2D eigenvalue weighted by molar-refractivity contribution is 5.90. The molecule has 0 aromatic heterocycles. The van der Waals surface area contributed by atoms with E-state index in [0.29, 0.717) is 0 Å². The summed E-state index contributed by atoms with van der Waals surface area (Å²) in [5.41, 5.74) is 25.2. The third-order valence-corrected chi connectivity index (χ3v) is 13.8. The van der Waals surface area contributed by atoms with Gasteiger partial charge in [0.25, 0.3) is 0 Å². The zero-order chi connectivity index (χ0) is 36.6. The van der Waals surface area contributed by atoms with Gasteiger partial charge in [0, 0.05) is 5.41 Å². The maximum atomic E-state index is 4.09. The van der Waals surface area contributed by atoms with Crippen LogP contribution >= 0.6 is 0 Å². The summed E-state index contributed by atoms with van der Waals surface area (Å²) in [6.45, 7) is 12.7. The zero-order valence-electron chi connectivity index (χ0n) is 32.0. The normalized spacial score (nSPS) is 15.8. The smallest absolute Gasteiger partial charge is 0.0714 e. The number of rotatable bonds is 11. The van der Waals surface area contributed by atoms with E-state index in [4.69, 9.17) is 0 Å². The van der Waals surface area contributed by atoms with Crippen molar-refractivity contribution in [2.45, 2.75) is 88.9 Å². The maximum absolute atomic E-state index is 4.09. The van der Waals surface area contributed by atoms with Crippen LogP contribution in [-0.2, 0) is 36.5 Å². The van der Waals surface area contributed by atoms with Crippen LogP contribution in [0.5, 0.6) is 0 Å². The Morgan fingerprint density at radius 1 is 0.463 bits per heavy atom. The number of hydrogen-bond donors (Lipinski definition) is 0. The topological polar surface area (TPSA) is 0 Å². The minimum Gasteiger partial charge on any atom is -0.103 e. The second-order valence-electron chi connectivity index (χ2n) is 16.8. The highest BCUT2D eigenvalue weighted by atomic mass is 14.5. The third-order valence-electron chi connectivity index (χ3n) is 13.8. The van der Waals surface area contributed by atoms with E-state index in [2.05, 4.69) is 148 Å². The molecule has 0 unspecified atom stereocenters. The lowest BCUT2D eigenvalue weighted by Gasteiger charge is -2.37. The number of benzene rings is 6. The summed E-state index contributed by atoms with van der Waals surface area (Å²) in [7, 11) is 0. The van der Waals surface area contributed by atoms with E-state index in [1.54, 1.807) is 0 Å². The molecule has 0 N–H and O–H groups in total. The molecule has 0 radical (unpaired) electrons. The van der Waals surface area contributed by atoms with Crippen LogP contribution in [0.15, 0.2) is 135 Å². The summed E-state index contributed by atoms with van der Waals surface area (Å²) in [6.07, 6.45) is 15.5. The monoisotopic (exact) mass is 698 g/mol. The number of unbranched alkanes of at least 4 members (excludes halogenated alkanes) is 2. The van der Waals surface area contributed by atoms with Crippen molar-refractivity contribution in [3.05, 3.63) is 201 Å². The Morgan fingerprint density at radius 3 is 1.37 bits per heavy atom. The molecule has 0 nitrogen and oxygen atoms in total. The number of hydrogen-bond acceptors (Lipinski definition) is 0. The van der Waals surface area contributed by atoms with Gasteiger partial charge in [-0.1, -0.05) is 120 Å². The Kier molecular flexibility index (Phi) is 7.85. The molecule has 0 saturated heterocycles. The minimum atomic E-state index is -0.383. The number of fused-ring (bicyclic) bond motifs is 8. The van der Waals surface area contributed by atoms with Gasteiger partial charge in [0.1, 0.15) is 0 Å². The summed E-state index contributed by atoms with van der Waals surface area (Å²) in [6, 6.07) is 44.1. The molecule has 10 rings (SSSR count). The molecule has 0 spiro atoms. The molecule has 0 fully saturated rings. The molecule has 4 aliphatic carbocycles. The third kappa shape index (κ3) is 4.81. The number of aryl methyl sites for hydroxylation is 6. The standard InChI is InChI=1S/C54H50/c1-5-7-9-27-53(28-10-8-6-2)49-29-35(3)11-23-45(49)46-25-19-41(33-50(46)53)42-20-26-48-47-24-12-36(4)30-51(47)54(52(48)34-42,43-21-17-37-13-15-39(37)31-43)44-22-18-38-14-16-40(38)32-44/h5-6,11-12,17-26,29-34H,1-2,7-10,13-16,27-28H2,3-4H3. The average molecular weight is 699 g/mol. The molecule has 0 atom stereocenters. The zero-order valence-corrected chi connectivity index (χ0v) is 32.0. The summed E-state index contributed by atoms with van der Waals surface area (Å²) in [4.78, 5) is 0. The summed E-state index contributed by atoms with van der Waals surface area (Å²) in [5, 5.41) is 0. The van der Waals surface area contributed by atoms with Gasteiger partial charge in [-0.2, -0.15) is 0 Å². The van der Waals surface area contributed by atoms with E-state index in [1.165, 1.54) is 126 Å². The Bertz CT molecular complexity index is 2450. The molecule has 0 aliphatic heterocycles. The Hall–Kier alpha value is -5.20. The highest BCUT2D eigenvalue weighted by Crippen LogP contribution is 2.59. The van der Waals surface area contributed by atoms with Crippen LogP contribution in [0.3, 0.4) is 0 Å². The van der Waals surface area contributed by atoms with Crippen molar-refractivity contribution >= 4 is 0 Å². The molecule has 0 saturated carbocycles. The molecule has 4 aliphatic rings. The molecule has 6 aromatic rings.